The predicted octanol–water partition coefficient (Wildman–Crippen LogP) is 0.255. The van der Waals surface area contributed by atoms with Gasteiger partial charge in [0.2, 0.25) is 0 Å². The molecule has 0 aliphatic carbocycles. The zero-order chi connectivity index (χ0) is 5.28. The van der Waals surface area contributed by atoms with E-state index in [9.17, 15) is 0 Å². The van der Waals surface area contributed by atoms with Gasteiger partial charge in [0.1, 0.15) is 0 Å². The summed E-state index contributed by atoms with van der Waals surface area (Å²) in [6.07, 6.45) is 3.45. The van der Waals surface area contributed by atoms with E-state index >= 15 is 0 Å². The van der Waals surface area contributed by atoms with Crippen LogP contribution >= 0.6 is 0 Å². The van der Waals surface area contributed by atoms with Crippen LogP contribution in [0.5, 0.6) is 0 Å². The van der Waals surface area contributed by atoms with E-state index in [1.807, 2.05) is 11.6 Å². The molecule has 0 aromatic heterocycles. The summed E-state index contributed by atoms with van der Waals surface area (Å²) in [6, 6.07) is 0. The molecule has 1 aliphatic heterocycles. The molecule has 1 heterocycles. The number of hydrogen-bond donors (Lipinski definition) is 0. The van der Waals surface area contributed by atoms with Crippen LogP contribution in [0.4, 0.5) is 0 Å². The van der Waals surface area contributed by atoms with Gasteiger partial charge >= 0.3 is 0 Å². The fourth-order valence-corrected chi connectivity index (χ4v) is 0.385. The first kappa shape index (κ1) is 4.24. The number of allylic oxidation sites excluding steroid dienone is 1. The van der Waals surface area contributed by atoms with Crippen LogP contribution in [0.25, 0.3) is 0 Å². The van der Waals surface area contributed by atoms with Crippen molar-refractivity contribution < 1.29 is 4.58 Å². The van der Waals surface area contributed by atoms with Crippen molar-refractivity contribution in [3.05, 3.63) is 12.3 Å². The van der Waals surface area contributed by atoms with Crippen molar-refractivity contribution in [2.75, 3.05) is 7.05 Å². The summed E-state index contributed by atoms with van der Waals surface area (Å²) in [6.45, 7) is 3.68. The zero-order valence-corrected chi connectivity index (χ0v) is 4.26. The molecule has 0 fully saturated rings. The zero-order valence-electron chi connectivity index (χ0n) is 4.26. The second kappa shape index (κ2) is 1.30. The number of rotatable bonds is 0. The van der Waals surface area contributed by atoms with E-state index < -0.39 is 0 Å². The molecule has 0 spiro atoms. The molecule has 0 saturated heterocycles. The number of aliphatic imine (C=N–C) groups is 1. The van der Waals surface area contributed by atoms with E-state index in [-0.39, 0.29) is 0 Å². The molecule has 0 radical (unpaired) electrons. The van der Waals surface area contributed by atoms with Crippen LogP contribution < -0.4 is 0 Å². The molecule has 7 heavy (non-hydrogen) atoms. The Kier molecular flexibility index (Phi) is 0.785. The molecule has 0 N–H and O–H groups in total. The van der Waals surface area contributed by atoms with Gasteiger partial charge < -0.3 is 0 Å². The lowest BCUT2D eigenvalue weighted by Gasteiger charge is -1.82. The number of hydrogen-bond acceptors (Lipinski definition) is 1. The third kappa shape index (κ3) is 0.585. The summed E-state index contributed by atoms with van der Waals surface area (Å²) in [5, 5.41) is 0. The van der Waals surface area contributed by atoms with Gasteiger partial charge in [-0.1, -0.05) is 4.99 Å². The SMILES string of the molecule is C=C1C=NC=[N+]1C. The first-order valence-electron chi connectivity index (χ1n) is 2.09. The first-order valence-corrected chi connectivity index (χ1v) is 2.09. The van der Waals surface area contributed by atoms with Gasteiger partial charge in [-0.3, -0.25) is 0 Å². The summed E-state index contributed by atoms with van der Waals surface area (Å²) >= 11 is 0. The molecule has 0 aromatic rings. The molecule has 0 saturated carbocycles. The Morgan fingerprint density at radius 3 is 2.71 bits per heavy atom. The van der Waals surface area contributed by atoms with Crippen molar-refractivity contribution in [1.29, 1.82) is 0 Å². The van der Waals surface area contributed by atoms with Gasteiger partial charge in [0.25, 0.3) is 6.34 Å². The first-order chi connectivity index (χ1) is 3.30. The molecule has 2 nitrogen and oxygen atoms in total. The average Bonchev–Trinajstić information content (AvgIpc) is 1.91. The minimum Gasteiger partial charge on any atom is -0.230 e. The molecule has 1 rings (SSSR count). The normalized spacial score (nSPS) is 17.9. The standard InChI is InChI=1S/C5H7N2/c1-5-3-6-4-7(5)2/h3-4H,1H2,2H3/q+1. The molecule has 0 aromatic carbocycles. The Morgan fingerprint density at radius 2 is 2.57 bits per heavy atom. The smallest absolute Gasteiger partial charge is 0.230 e. The van der Waals surface area contributed by atoms with Crippen molar-refractivity contribution in [1.82, 2.24) is 0 Å². The molecule has 2 heteroatoms. The lowest BCUT2D eigenvalue weighted by Crippen LogP contribution is -1.97. The summed E-state index contributed by atoms with van der Waals surface area (Å²) in [7, 11) is 1.91. The maximum atomic E-state index is 3.82. The van der Waals surface area contributed by atoms with Crippen LogP contribution in [0.2, 0.25) is 0 Å². The largest absolute Gasteiger partial charge is 0.286 e. The average molecular weight is 95.1 g/mol. The molecular weight excluding hydrogens is 88.1 g/mol. The highest BCUT2D eigenvalue weighted by atomic mass is 15.1. The van der Waals surface area contributed by atoms with E-state index in [1.54, 1.807) is 12.6 Å². The van der Waals surface area contributed by atoms with Crippen molar-refractivity contribution in [2.45, 2.75) is 0 Å². The number of nitrogens with zero attached hydrogens (tertiary/aromatic N) is 2. The Morgan fingerprint density at radius 1 is 1.86 bits per heavy atom. The van der Waals surface area contributed by atoms with Crippen LogP contribution in [-0.4, -0.2) is 24.2 Å². The van der Waals surface area contributed by atoms with Gasteiger partial charge in [-0.05, 0) is 6.58 Å². The van der Waals surface area contributed by atoms with Gasteiger partial charge in [0, 0.05) is 0 Å². The fourth-order valence-electron chi connectivity index (χ4n) is 0.385. The third-order valence-electron chi connectivity index (χ3n) is 0.916. The second-order valence-electron chi connectivity index (χ2n) is 1.50. The Hall–Kier alpha value is -0.920. The predicted molar refractivity (Wildman–Crippen MR) is 29.9 cm³/mol. The summed E-state index contributed by atoms with van der Waals surface area (Å²) in [5.74, 6) is 0. The quantitative estimate of drug-likeness (QED) is 0.383. The summed E-state index contributed by atoms with van der Waals surface area (Å²) in [4.78, 5) is 3.82. The summed E-state index contributed by atoms with van der Waals surface area (Å²) < 4.78 is 1.86. The molecule has 0 amide bonds. The molecule has 0 atom stereocenters. The van der Waals surface area contributed by atoms with Crippen LogP contribution in [0, 0.1) is 0 Å². The van der Waals surface area contributed by atoms with Crippen molar-refractivity contribution in [3.63, 3.8) is 0 Å². The van der Waals surface area contributed by atoms with Crippen LogP contribution in [0.15, 0.2) is 17.3 Å². The van der Waals surface area contributed by atoms with Gasteiger partial charge in [-0.25, -0.2) is 4.58 Å². The van der Waals surface area contributed by atoms with E-state index in [0.29, 0.717) is 0 Å². The Labute approximate surface area is 42.5 Å². The molecule has 0 unspecified atom stereocenters. The van der Waals surface area contributed by atoms with Crippen LogP contribution in [0.3, 0.4) is 0 Å². The van der Waals surface area contributed by atoms with Crippen LogP contribution in [-0.2, 0) is 0 Å². The van der Waals surface area contributed by atoms with Gasteiger partial charge in [0.15, 0.2) is 11.9 Å². The van der Waals surface area contributed by atoms with Gasteiger partial charge in [-0.15, -0.1) is 0 Å². The molecule has 36 valence electrons. The van der Waals surface area contributed by atoms with Gasteiger partial charge in [0.05, 0.1) is 7.05 Å². The molecule has 0 bridgehead atoms. The van der Waals surface area contributed by atoms with Crippen molar-refractivity contribution in [2.24, 2.45) is 4.99 Å². The van der Waals surface area contributed by atoms with E-state index in [0.717, 1.165) is 5.70 Å². The monoisotopic (exact) mass is 95.1 g/mol. The topological polar surface area (TPSA) is 15.4 Å². The highest BCUT2D eigenvalue weighted by Gasteiger charge is 2.03. The van der Waals surface area contributed by atoms with E-state index in [2.05, 4.69) is 11.6 Å². The maximum absolute atomic E-state index is 3.82. The highest BCUT2D eigenvalue weighted by molar-refractivity contribution is 5.85. The fraction of sp³-hybridized carbons (Fsp3) is 0.200. The Balaban J connectivity index is 2.89. The third-order valence-corrected chi connectivity index (χ3v) is 0.916. The molecular formula is C5H7N2+. The van der Waals surface area contributed by atoms with Gasteiger partial charge in [-0.2, -0.15) is 0 Å². The van der Waals surface area contributed by atoms with Crippen molar-refractivity contribution in [3.8, 4) is 0 Å². The van der Waals surface area contributed by atoms with E-state index in [1.165, 1.54) is 0 Å². The second-order valence-corrected chi connectivity index (χ2v) is 1.50. The minimum absolute atomic E-state index is 0.944. The molecule has 1 aliphatic rings. The lowest BCUT2D eigenvalue weighted by molar-refractivity contribution is -0.425. The summed E-state index contributed by atoms with van der Waals surface area (Å²) in [5.41, 5.74) is 0.944. The van der Waals surface area contributed by atoms with Crippen LogP contribution in [0.1, 0.15) is 0 Å². The van der Waals surface area contributed by atoms with E-state index in [4.69, 9.17) is 0 Å². The minimum atomic E-state index is 0.944. The highest BCUT2D eigenvalue weighted by Crippen LogP contribution is 1.89. The Bertz CT molecular complexity index is 153. The lowest BCUT2D eigenvalue weighted by atomic mass is 10.5. The maximum Gasteiger partial charge on any atom is 0.286 e. The van der Waals surface area contributed by atoms with Crippen molar-refractivity contribution >= 4 is 12.6 Å².